The molecule has 0 aliphatic heterocycles. The largest absolute Gasteiger partial charge is 0.490 e. The van der Waals surface area contributed by atoms with Crippen molar-refractivity contribution in [1.82, 2.24) is 19.9 Å². The lowest BCUT2D eigenvalue weighted by Crippen LogP contribution is -2.60. The van der Waals surface area contributed by atoms with Gasteiger partial charge in [-0.2, -0.15) is 4.31 Å². The van der Waals surface area contributed by atoms with Gasteiger partial charge < -0.3 is 46.6 Å². The van der Waals surface area contributed by atoms with Crippen molar-refractivity contribution < 1.29 is 43.5 Å². The predicted octanol–water partition coefficient (Wildman–Crippen LogP) is 1.64. The molecule has 5 rings (SSSR count). The van der Waals surface area contributed by atoms with Gasteiger partial charge in [-0.15, -0.1) is 0 Å². The summed E-state index contributed by atoms with van der Waals surface area (Å²) in [6.45, 7) is 2.27. The number of amides is 2. The monoisotopic (exact) mass is 741 g/mol. The van der Waals surface area contributed by atoms with E-state index in [9.17, 15) is 38.7 Å². The number of nitrogens with two attached hydrogens (primary N) is 1. The highest BCUT2D eigenvalue weighted by Crippen LogP contribution is 2.50. The van der Waals surface area contributed by atoms with Crippen molar-refractivity contribution in [2.75, 3.05) is 20.2 Å². The summed E-state index contributed by atoms with van der Waals surface area (Å²) in [5.41, 5.74) is 6.62. The minimum Gasteiger partial charge on any atom is -0.490 e. The standard InChI is InChI=1S/C37H51N5O9S/c1-23-8-11-32(52(49,50)42(3)24(2)12-14-37(48,33(45)22-43)34(46)30(44)21-40-35(38)47)25(18-23)19-41-36(15-16-36)29-20-39-17-13-27(29)28-6-4-5-7-31(28)51-26-9-10-26/h4-8,11,13,17-18,20,24,26,30,33-34,41,43-46,48H,9-10,12,14-16,19,21-22H2,1-3H3,(H3,38,40,47)/t24?,30-,33+,34+,37+/m0/s1. The number of aryl methyl sites for hydroxylation is 1. The maximum Gasteiger partial charge on any atom is 0.312 e. The summed E-state index contributed by atoms with van der Waals surface area (Å²) in [5, 5.41) is 58.2. The Labute approximate surface area is 304 Å². The minimum atomic E-state index is -4.11. The van der Waals surface area contributed by atoms with E-state index in [2.05, 4.69) is 15.6 Å². The van der Waals surface area contributed by atoms with E-state index < -0.39 is 71.1 Å². The number of carbonyl (C=O) groups is 1. The molecular weight excluding hydrogens is 690 g/mol. The molecule has 284 valence electrons. The van der Waals surface area contributed by atoms with Gasteiger partial charge in [0.1, 0.15) is 29.7 Å². The molecule has 2 aromatic carbocycles. The van der Waals surface area contributed by atoms with Crippen LogP contribution in [-0.4, -0.2) is 106 Å². The van der Waals surface area contributed by atoms with Gasteiger partial charge in [-0.25, -0.2) is 13.2 Å². The Balaban J connectivity index is 1.33. The molecule has 0 radical (unpaired) electrons. The van der Waals surface area contributed by atoms with Crippen molar-refractivity contribution in [3.63, 3.8) is 0 Å². The lowest BCUT2D eigenvalue weighted by atomic mass is 9.82. The van der Waals surface area contributed by atoms with E-state index in [1.54, 1.807) is 25.3 Å². The number of hydrogen-bond donors (Lipinski definition) is 8. The number of benzene rings is 2. The van der Waals surface area contributed by atoms with Gasteiger partial charge in [0.15, 0.2) is 0 Å². The molecule has 1 aromatic heterocycles. The molecule has 2 amide bonds. The molecule has 0 spiro atoms. The predicted molar refractivity (Wildman–Crippen MR) is 194 cm³/mol. The van der Waals surface area contributed by atoms with Gasteiger partial charge in [-0.3, -0.25) is 4.98 Å². The highest BCUT2D eigenvalue weighted by atomic mass is 32.2. The van der Waals surface area contributed by atoms with Gasteiger partial charge in [0.2, 0.25) is 10.0 Å². The third-order valence-electron chi connectivity index (χ3n) is 10.3. The summed E-state index contributed by atoms with van der Waals surface area (Å²) >= 11 is 0. The molecule has 15 heteroatoms. The van der Waals surface area contributed by atoms with Crippen LogP contribution in [0.1, 0.15) is 62.1 Å². The maximum atomic E-state index is 14.2. The summed E-state index contributed by atoms with van der Waals surface area (Å²) in [6, 6.07) is 13.4. The summed E-state index contributed by atoms with van der Waals surface area (Å²) in [5.74, 6) is 0.826. The first-order valence-corrected chi connectivity index (χ1v) is 19.0. The number of rotatable bonds is 19. The molecule has 9 N–H and O–H groups in total. The number of pyridine rings is 1. The number of primary amides is 1. The number of urea groups is 1. The molecule has 0 bridgehead atoms. The Kier molecular flexibility index (Phi) is 12.3. The Hall–Kier alpha value is -3.67. The lowest BCUT2D eigenvalue weighted by molar-refractivity contribution is -0.188. The second-order valence-corrected chi connectivity index (χ2v) is 16.1. The highest BCUT2D eigenvalue weighted by molar-refractivity contribution is 7.89. The van der Waals surface area contributed by atoms with Crippen LogP contribution in [0.15, 0.2) is 65.8 Å². The quantitative estimate of drug-likeness (QED) is 0.0881. The van der Waals surface area contributed by atoms with E-state index in [0.717, 1.165) is 58.0 Å². The number of hydrogen-bond acceptors (Lipinski definition) is 11. The van der Waals surface area contributed by atoms with Crippen LogP contribution in [0.3, 0.4) is 0 Å². The van der Waals surface area contributed by atoms with Crippen molar-refractivity contribution in [2.45, 2.75) is 105 Å². The molecule has 52 heavy (non-hydrogen) atoms. The fourth-order valence-electron chi connectivity index (χ4n) is 6.53. The first-order valence-electron chi connectivity index (χ1n) is 17.6. The second-order valence-electron chi connectivity index (χ2n) is 14.1. The van der Waals surface area contributed by atoms with Gasteiger partial charge in [0.05, 0.1) is 17.6 Å². The van der Waals surface area contributed by atoms with Crippen molar-refractivity contribution in [2.24, 2.45) is 5.73 Å². The first-order chi connectivity index (χ1) is 24.6. The van der Waals surface area contributed by atoms with Gasteiger partial charge >= 0.3 is 6.03 Å². The number of aliphatic hydroxyl groups excluding tert-OH is 4. The Bertz CT molecular complexity index is 1820. The molecule has 2 saturated carbocycles. The minimum absolute atomic E-state index is 0.0748. The lowest BCUT2D eigenvalue weighted by Gasteiger charge is -2.39. The van der Waals surface area contributed by atoms with Gasteiger partial charge in [0.25, 0.3) is 0 Å². The summed E-state index contributed by atoms with van der Waals surface area (Å²) in [7, 11) is -2.70. The maximum absolute atomic E-state index is 14.2. The fraction of sp³-hybridized carbons (Fsp3) is 0.514. The van der Waals surface area contributed by atoms with E-state index in [4.69, 9.17) is 10.5 Å². The highest BCUT2D eigenvalue weighted by Gasteiger charge is 2.47. The van der Waals surface area contributed by atoms with Crippen molar-refractivity contribution in [3.8, 4) is 16.9 Å². The van der Waals surface area contributed by atoms with Crippen molar-refractivity contribution in [1.29, 1.82) is 0 Å². The molecule has 14 nitrogen and oxygen atoms in total. The first kappa shape index (κ1) is 39.5. The van der Waals surface area contributed by atoms with E-state index in [0.29, 0.717) is 5.56 Å². The number of para-hydroxylation sites is 1. The average Bonchev–Trinajstić information content (AvgIpc) is 4.08. The molecule has 2 fully saturated rings. The van der Waals surface area contributed by atoms with Crippen LogP contribution in [0.2, 0.25) is 0 Å². The zero-order valence-corrected chi connectivity index (χ0v) is 30.6. The molecule has 5 atom stereocenters. The van der Waals surface area contributed by atoms with Gasteiger partial charge in [0, 0.05) is 49.7 Å². The number of aromatic nitrogens is 1. The molecular formula is C37H51N5O9S. The fourth-order valence-corrected chi connectivity index (χ4v) is 8.12. The number of nitrogens with zero attached hydrogens (tertiary/aromatic N) is 2. The van der Waals surface area contributed by atoms with Crippen LogP contribution >= 0.6 is 0 Å². The molecule has 0 saturated heterocycles. The molecule has 2 aliphatic rings. The van der Waals surface area contributed by atoms with Crippen molar-refractivity contribution >= 4 is 16.1 Å². The van der Waals surface area contributed by atoms with E-state index >= 15 is 0 Å². The number of ether oxygens (including phenoxy) is 1. The third kappa shape index (κ3) is 8.75. The summed E-state index contributed by atoms with van der Waals surface area (Å²) < 4.78 is 35.7. The van der Waals surface area contributed by atoms with Crippen LogP contribution in [0.25, 0.3) is 11.1 Å². The second kappa shape index (κ2) is 16.1. The van der Waals surface area contributed by atoms with Gasteiger partial charge in [-0.1, -0.05) is 35.9 Å². The SMILES string of the molecule is Cc1ccc(S(=O)(=O)N(C)C(C)CC[C@@](O)([C@H](O)CO)[C@H](O)[C@@H](O)CNC(N)=O)c(CNC2(c3cnccc3-c3ccccc3OC3CC3)CC2)c1. The smallest absolute Gasteiger partial charge is 0.312 e. The van der Waals surface area contributed by atoms with Crippen LogP contribution in [0, 0.1) is 6.92 Å². The normalized spacial score (nSPS) is 18.9. The number of nitrogens with one attached hydrogen (secondary N) is 2. The summed E-state index contributed by atoms with van der Waals surface area (Å²) in [4.78, 5) is 15.6. The van der Waals surface area contributed by atoms with Crippen LogP contribution in [-0.2, 0) is 22.1 Å². The Morgan fingerprint density at radius 1 is 1.13 bits per heavy atom. The Morgan fingerprint density at radius 2 is 1.85 bits per heavy atom. The summed E-state index contributed by atoms with van der Waals surface area (Å²) in [6.07, 6.45) is 1.49. The van der Waals surface area contributed by atoms with Crippen LogP contribution < -0.4 is 21.1 Å². The third-order valence-corrected chi connectivity index (χ3v) is 12.3. The van der Waals surface area contributed by atoms with E-state index in [1.165, 1.54) is 7.05 Å². The molecule has 3 aromatic rings. The number of sulfonamides is 1. The zero-order valence-electron chi connectivity index (χ0n) is 29.8. The van der Waals surface area contributed by atoms with Crippen LogP contribution in [0.5, 0.6) is 5.75 Å². The van der Waals surface area contributed by atoms with Crippen LogP contribution in [0.4, 0.5) is 4.79 Å². The van der Waals surface area contributed by atoms with E-state index in [-0.39, 0.29) is 24.0 Å². The molecule has 1 heterocycles. The molecule has 1 unspecified atom stereocenters. The topological polar surface area (TPSA) is 228 Å². The molecule has 2 aliphatic carbocycles. The average molecular weight is 742 g/mol. The van der Waals surface area contributed by atoms with Crippen molar-refractivity contribution in [3.05, 3.63) is 77.6 Å². The Morgan fingerprint density at radius 3 is 2.50 bits per heavy atom. The van der Waals surface area contributed by atoms with E-state index in [1.807, 2.05) is 49.5 Å². The zero-order chi connectivity index (χ0) is 37.8. The van der Waals surface area contributed by atoms with Gasteiger partial charge in [-0.05, 0) is 87.3 Å². The number of carbonyl (C=O) groups excluding carboxylic acids is 1. The number of aliphatic hydroxyl groups is 5.